The molecule has 0 amide bonds. The van der Waals surface area contributed by atoms with Crippen molar-refractivity contribution in [2.24, 2.45) is 5.14 Å². The van der Waals surface area contributed by atoms with Crippen LogP contribution in [-0.2, 0) is 26.4 Å². The van der Waals surface area contributed by atoms with Crippen LogP contribution in [0.5, 0.6) is 0 Å². The fourth-order valence-electron chi connectivity index (χ4n) is 4.17. The molecule has 35 heavy (non-hydrogen) atoms. The Balaban J connectivity index is 1.37. The van der Waals surface area contributed by atoms with E-state index >= 15 is 0 Å². The van der Waals surface area contributed by atoms with E-state index in [1.54, 1.807) is 25.3 Å². The highest BCUT2D eigenvalue weighted by Gasteiger charge is 2.44. The summed E-state index contributed by atoms with van der Waals surface area (Å²) in [6, 6.07) is 10.4. The Labute approximate surface area is 204 Å². The third-order valence-electron chi connectivity index (χ3n) is 6.21. The minimum Gasteiger partial charge on any atom is -0.340 e. The predicted octanol–water partition coefficient (Wildman–Crippen LogP) is 2.91. The summed E-state index contributed by atoms with van der Waals surface area (Å²) in [5.74, 6) is 0.843. The van der Waals surface area contributed by atoms with E-state index in [4.69, 9.17) is 5.14 Å². The van der Waals surface area contributed by atoms with E-state index in [2.05, 4.69) is 25.9 Å². The van der Waals surface area contributed by atoms with E-state index in [-0.39, 0.29) is 16.1 Å². The molecule has 2 aromatic carbocycles. The molecule has 10 nitrogen and oxygen atoms in total. The third kappa shape index (κ3) is 4.74. The topological polar surface area (TPSA) is 156 Å². The van der Waals surface area contributed by atoms with Crippen LogP contribution in [0.2, 0.25) is 0 Å². The highest BCUT2D eigenvalue weighted by molar-refractivity contribution is 7.92. The van der Waals surface area contributed by atoms with Gasteiger partial charge in [0.2, 0.25) is 16.0 Å². The van der Waals surface area contributed by atoms with E-state index in [1.165, 1.54) is 6.07 Å². The monoisotopic (exact) mass is 514 g/mol. The van der Waals surface area contributed by atoms with Gasteiger partial charge in [-0.3, -0.25) is 5.32 Å². The number of aryl methyl sites for hydroxylation is 2. The molecule has 1 aromatic heterocycles. The van der Waals surface area contributed by atoms with E-state index < -0.39 is 25.2 Å². The van der Waals surface area contributed by atoms with Crippen LogP contribution >= 0.6 is 0 Å². The van der Waals surface area contributed by atoms with Crippen LogP contribution in [-0.4, -0.2) is 32.1 Å². The molecule has 1 saturated carbocycles. The number of anilines is 4. The molecule has 1 aliphatic carbocycles. The number of hydrogen-bond donors (Lipinski definition) is 4. The Hall–Kier alpha value is -3.06. The lowest BCUT2D eigenvalue weighted by molar-refractivity contribution is 0.566. The van der Waals surface area contributed by atoms with Gasteiger partial charge in [0.25, 0.3) is 0 Å². The van der Waals surface area contributed by atoms with Crippen molar-refractivity contribution in [3.63, 3.8) is 0 Å². The van der Waals surface area contributed by atoms with Crippen molar-refractivity contribution in [1.29, 1.82) is 0 Å². The second-order valence-corrected chi connectivity index (χ2v) is 12.8. The summed E-state index contributed by atoms with van der Waals surface area (Å²) in [5.41, 5.74) is 4.34. The first-order chi connectivity index (χ1) is 16.5. The number of nitrogens with two attached hydrogens (primary N) is 1. The Morgan fingerprint density at radius 3 is 2.40 bits per heavy atom. The number of sulfone groups is 1. The fourth-order valence-corrected chi connectivity index (χ4v) is 7.05. The van der Waals surface area contributed by atoms with Gasteiger partial charge in [0.15, 0.2) is 9.84 Å². The number of primary sulfonamides is 1. The molecular weight excluding hydrogens is 488 g/mol. The maximum absolute atomic E-state index is 12.7. The molecule has 0 saturated heterocycles. The van der Waals surface area contributed by atoms with Gasteiger partial charge in [-0.25, -0.2) is 27.0 Å². The largest absolute Gasteiger partial charge is 0.340 e. The van der Waals surface area contributed by atoms with E-state index in [0.717, 1.165) is 35.2 Å². The van der Waals surface area contributed by atoms with Crippen LogP contribution < -0.4 is 21.1 Å². The van der Waals surface area contributed by atoms with Crippen LogP contribution in [0.1, 0.15) is 40.5 Å². The fraction of sp³-hybridized carbons (Fsp3) is 0.304. The summed E-state index contributed by atoms with van der Waals surface area (Å²) in [7, 11) is -7.07. The van der Waals surface area contributed by atoms with Crippen molar-refractivity contribution in [3.05, 3.63) is 64.8 Å². The quantitative estimate of drug-likeness (QED) is 0.372. The molecule has 2 heterocycles. The van der Waals surface area contributed by atoms with Crippen molar-refractivity contribution in [3.8, 4) is 0 Å². The van der Waals surface area contributed by atoms with Gasteiger partial charge in [-0.05, 0) is 67.6 Å². The van der Waals surface area contributed by atoms with Crippen LogP contribution in [0, 0.1) is 13.8 Å². The van der Waals surface area contributed by atoms with Gasteiger partial charge in [-0.15, -0.1) is 0 Å². The minimum atomic E-state index is -3.86. The zero-order valence-corrected chi connectivity index (χ0v) is 20.9. The highest BCUT2D eigenvalue weighted by Crippen LogP contribution is 2.40. The average molecular weight is 515 g/mol. The molecule has 5 N–H and O–H groups in total. The van der Waals surface area contributed by atoms with Crippen molar-refractivity contribution >= 4 is 43.0 Å². The van der Waals surface area contributed by atoms with Gasteiger partial charge in [0, 0.05) is 29.7 Å². The SMILES string of the molecule is Cc1ccc(Nc2ncc(C)c(Nc3ccc4c(c3)CNC4S(=O)(=O)C3CC3)n2)cc1S(N)(=O)=O. The van der Waals surface area contributed by atoms with Crippen LogP contribution in [0.3, 0.4) is 0 Å². The first kappa shape index (κ1) is 23.7. The highest BCUT2D eigenvalue weighted by atomic mass is 32.2. The van der Waals surface area contributed by atoms with Gasteiger partial charge < -0.3 is 10.6 Å². The smallest absolute Gasteiger partial charge is 0.238 e. The van der Waals surface area contributed by atoms with Crippen molar-refractivity contribution in [2.75, 3.05) is 10.6 Å². The Kier molecular flexibility index (Phi) is 5.79. The van der Waals surface area contributed by atoms with E-state index in [0.29, 0.717) is 23.6 Å². The number of nitrogens with one attached hydrogen (secondary N) is 3. The Bertz CT molecular complexity index is 1540. The lowest BCUT2D eigenvalue weighted by Gasteiger charge is -2.14. The molecule has 1 unspecified atom stereocenters. The number of benzene rings is 2. The maximum Gasteiger partial charge on any atom is 0.238 e. The molecule has 0 spiro atoms. The molecule has 1 fully saturated rings. The molecule has 12 heteroatoms. The van der Waals surface area contributed by atoms with Crippen molar-refractivity contribution in [1.82, 2.24) is 15.3 Å². The lowest BCUT2D eigenvalue weighted by atomic mass is 10.1. The van der Waals surface area contributed by atoms with E-state index in [9.17, 15) is 16.8 Å². The van der Waals surface area contributed by atoms with Crippen molar-refractivity contribution < 1.29 is 16.8 Å². The zero-order chi connectivity index (χ0) is 25.0. The molecule has 0 bridgehead atoms. The second-order valence-electron chi connectivity index (χ2n) is 8.96. The van der Waals surface area contributed by atoms with Gasteiger partial charge >= 0.3 is 0 Å². The summed E-state index contributed by atoms with van der Waals surface area (Å²) >= 11 is 0. The summed E-state index contributed by atoms with van der Waals surface area (Å²) < 4.78 is 49.1. The Morgan fingerprint density at radius 2 is 1.69 bits per heavy atom. The van der Waals surface area contributed by atoms with Gasteiger partial charge in [-0.2, -0.15) is 4.98 Å². The molecule has 3 aromatic rings. The van der Waals surface area contributed by atoms with Crippen molar-refractivity contribution in [2.45, 2.75) is 48.8 Å². The summed E-state index contributed by atoms with van der Waals surface area (Å²) in [4.78, 5) is 8.85. The van der Waals surface area contributed by atoms with Crippen LogP contribution in [0.25, 0.3) is 0 Å². The van der Waals surface area contributed by atoms with Gasteiger partial charge in [0.1, 0.15) is 11.2 Å². The normalized spacial score (nSPS) is 17.7. The molecule has 2 aliphatic rings. The van der Waals surface area contributed by atoms with Crippen LogP contribution in [0.15, 0.2) is 47.5 Å². The minimum absolute atomic E-state index is 0.0294. The predicted molar refractivity (Wildman–Crippen MR) is 134 cm³/mol. The molecule has 1 aliphatic heterocycles. The number of sulfonamides is 1. The average Bonchev–Trinajstić information content (AvgIpc) is 3.57. The Morgan fingerprint density at radius 1 is 0.971 bits per heavy atom. The molecule has 1 atom stereocenters. The molecule has 184 valence electrons. The molecular formula is C23H26N6O4S2. The summed E-state index contributed by atoms with van der Waals surface area (Å²) in [6.07, 6.45) is 3.13. The zero-order valence-electron chi connectivity index (χ0n) is 19.2. The third-order valence-corrected chi connectivity index (χ3v) is 9.74. The maximum atomic E-state index is 12.7. The second kappa shape index (κ2) is 8.55. The number of rotatable bonds is 7. The first-order valence-corrected chi connectivity index (χ1v) is 14.3. The number of fused-ring (bicyclic) bond motifs is 1. The molecule has 0 radical (unpaired) electrons. The number of hydrogen-bond acceptors (Lipinski definition) is 9. The van der Waals surface area contributed by atoms with Gasteiger partial charge in [-0.1, -0.05) is 12.1 Å². The molecule has 5 rings (SSSR count). The summed E-state index contributed by atoms with van der Waals surface area (Å²) in [5, 5.41) is 13.9. The first-order valence-electron chi connectivity index (χ1n) is 11.1. The standard InChI is InChI=1S/C23H26N6O4S2/c1-13-3-4-17(10-20(13)35(24,32)33)28-23-26-11-14(2)21(29-23)27-16-5-8-19-15(9-16)12-25-22(19)34(30,31)18-6-7-18/h3-5,8-11,18,22,25H,6-7,12H2,1-2H3,(H2,24,32,33)(H2,26,27,28,29). The van der Waals surface area contributed by atoms with E-state index in [1.807, 2.05) is 25.1 Å². The van der Waals surface area contributed by atoms with Gasteiger partial charge in [0.05, 0.1) is 10.1 Å². The van der Waals surface area contributed by atoms with Crippen LogP contribution in [0.4, 0.5) is 23.1 Å². The number of nitrogens with zero attached hydrogens (tertiary/aromatic N) is 2. The summed E-state index contributed by atoms with van der Waals surface area (Å²) in [6.45, 7) is 4.02. The lowest BCUT2D eigenvalue weighted by Crippen LogP contribution is -2.25. The number of aromatic nitrogens is 2.